The molecule has 1 aromatic carbocycles. The molecular weight excluding hydrogens is 520 g/mol. The van der Waals surface area contributed by atoms with Gasteiger partial charge in [-0.25, -0.2) is 19.2 Å². The zero-order valence-electron chi connectivity index (χ0n) is 21.6. The van der Waals surface area contributed by atoms with E-state index >= 15 is 0 Å². The number of ether oxygens (including phenoxy) is 4. The minimum absolute atomic E-state index is 0.00972. The molecule has 0 spiro atoms. The summed E-state index contributed by atoms with van der Waals surface area (Å²) in [6, 6.07) is 6.75. The van der Waals surface area contributed by atoms with Gasteiger partial charge in [0.25, 0.3) is 0 Å². The zero-order valence-corrected chi connectivity index (χ0v) is 21.6. The van der Waals surface area contributed by atoms with Crippen LogP contribution >= 0.6 is 0 Å². The predicted octanol–water partition coefficient (Wildman–Crippen LogP) is -0.641. The first-order chi connectivity index (χ1) is 18.7. The van der Waals surface area contributed by atoms with E-state index in [9.17, 15) is 39.6 Å². The lowest BCUT2D eigenvalue weighted by atomic mass is 9.88. The maximum Gasteiger partial charge on any atom is 0.336 e. The van der Waals surface area contributed by atoms with Crippen molar-refractivity contribution < 1.29 is 58.6 Å². The summed E-state index contributed by atoms with van der Waals surface area (Å²) in [7, 11) is 0. The van der Waals surface area contributed by atoms with Crippen molar-refractivity contribution in [2.75, 3.05) is 79.0 Å². The third-order valence-electron chi connectivity index (χ3n) is 6.18. The number of nitrogens with zero attached hydrogens (tertiary/aromatic N) is 2. The molecule has 0 saturated carbocycles. The highest BCUT2D eigenvalue weighted by molar-refractivity contribution is 6.03. The van der Waals surface area contributed by atoms with Crippen molar-refractivity contribution in [1.29, 1.82) is 0 Å². The van der Waals surface area contributed by atoms with E-state index in [1.807, 2.05) is 0 Å². The highest BCUT2D eigenvalue weighted by Gasteiger charge is 2.51. The summed E-state index contributed by atoms with van der Waals surface area (Å²) in [6.45, 7) is 0.507. The molecule has 0 radical (unpaired) electrons. The molecule has 39 heavy (non-hydrogen) atoms. The van der Waals surface area contributed by atoms with Crippen LogP contribution in [0.5, 0.6) is 0 Å². The summed E-state index contributed by atoms with van der Waals surface area (Å²) in [5.74, 6) is -5.99. The number of carbonyl (C=O) groups is 4. The van der Waals surface area contributed by atoms with E-state index in [1.54, 1.807) is 30.3 Å². The normalized spacial score (nSPS) is 18.6. The minimum Gasteiger partial charge on any atom is -0.480 e. The molecule has 0 aliphatic carbocycles. The van der Waals surface area contributed by atoms with Gasteiger partial charge in [-0.15, -0.1) is 0 Å². The highest BCUT2D eigenvalue weighted by atomic mass is 16.5. The van der Waals surface area contributed by atoms with Crippen molar-refractivity contribution in [1.82, 2.24) is 9.80 Å². The highest BCUT2D eigenvalue weighted by Crippen LogP contribution is 2.23. The Kier molecular flexibility index (Phi) is 13.8. The second kappa shape index (κ2) is 16.7. The van der Waals surface area contributed by atoms with Gasteiger partial charge in [-0.2, -0.15) is 0 Å². The summed E-state index contributed by atoms with van der Waals surface area (Å²) < 4.78 is 22.0. The molecule has 0 unspecified atom stereocenters. The Balaban J connectivity index is 2.10. The third-order valence-corrected chi connectivity index (χ3v) is 6.18. The molecule has 1 fully saturated rings. The summed E-state index contributed by atoms with van der Waals surface area (Å²) in [4.78, 5) is 50.3. The summed E-state index contributed by atoms with van der Waals surface area (Å²) >= 11 is 0. The van der Waals surface area contributed by atoms with E-state index < -0.39 is 35.5 Å². The standard InChI is InChI=1S/C25H36N2O12/c28-21(29)20(22(30)31)26-6-10-36-14-16-38-12-8-27(9-13-39-17-15-37-11-7-26)25(23(32)33,24(34)35)18-19-4-2-1-3-5-19/h1-5,20H,6-18H2,(H,28,29)(H,30,31)(H,32,33)(H,34,35). The fraction of sp³-hybridized carbons (Fsp3) is 0.600. The van der Waals surface area contributed by atoms with Gasteiger partial charge in [-0.3, -0.25) is 9.80 Å². The van der Waals surface area contributed by atoms with Crippen LogP contribution in [0.1, 0.15) is 5.56 Å². The van der Waals surface area contributed by atoms with Crippen molar-refractivity contribution in [2.45, 2.75) is 18.0 Å². The van der Waals surface area contributed by atoms with Crippen LogP contribution in [-0.2, 0) is 44.5 Å². The monoisotopic (exact) mass is 556 g/mol. The van der Waals surface area contributed by atoms with Gasteiger partial charge in [0.15, 0.2) is 0 Å². The van der Waals surface area contributed by atoms with E-state index in [-0.39, 0.29) is 85.5 Å². The maximum absolute atomic E-state index is 12.4. The van der Waals surface area contributed by atoms with Crippen LogP contribution in [0.2, 0.25) is 0 Å². The summed E-state index contributed by atoms with van der Waals surface area (Å²) in [6.07, 6.45) is -0.269. The van der Waals surface area contributed by atoms with Crippen molar-refractivity contribution in [3.63, 3.8) is 0 Å². The SMILES string of the molecule is O=C(O)C(C(=O)O)N1CCOCCOCCN(C(Cc2ccccc2)(C(=O)O)C(=O)O)CCOCCOCC1. The fourth-order valence-corrected chi connectivity index (χ4v) is 4.15. The molecule has 14 heteroatoms. The van der Waals surface area contributed by atoms with E-state index in [0.717, 1.165) is 0 Å². The smallest absolute Gasteiger partial charge is 0.336 e. The van der Waals surface area contributed by atoms with E-state index in [0.29, 0.717) is 5.56 Å². The van der Waals surface area contributed by atoms with Crippen molar-refractivity contribution in [3.05, 3.63) is 35.9 Å². The molecule has 1 heterocycles. The van der Waals surface area contributed by atoms with E-state index in [2.05, 4.69) is 0 Å². The van der Waals surface area contributed by atoms with Crippen molar-refractivity contribution in [2.24, 2.45) is 0 Å². The minimum atomic E-state index is -2.25. The van der Waals surface area contributed by atoms with E-state index in [1.165, 1.54) is 9.80 Å². The first-order valence-corrected chi connectivity index (χ1v) is 12.5. The Morgan fingerprint density at radius 1 is 0.667 bits per heavy atom. The second-order valence-electron chi connectivity index (χ2n) is 8.68. The van der Waals surface area contributed by atoms with Gasteiger partial charge in [0, 0.05) is 32.6 Å². The Morgan fingerprint density at radius 3 is 1.46 bits per heavy atom. The number of hydrogen-bond acceptors (Lipinski definition) is 10. The largest absolute Gasteiger partial charge is 0.480 e. The van der Waals surface area contributed by atoms with Crippen LogP contribution in [0.25, 0.3) is 0 Å². The number of rotatable bonds is 8. The molecule has 0 aromatic heterocycles. The molecule has 0 amide bonds. The molecule has 218 valence electrons. The van der Waals surface area contributed by atoms with Crippen molar-refractivity contribution in [3.8, 4) is 0 Å². The predicted molar refractivity (Wildman–Crippen MR) is 134 cm³/mol. The molecule has 1 aliphatic heterocycles. The number of carboxylic acids is 4. The van der Waals surface area contributed by atoms with Gasteiger partial charge in [0.1, 0.15) is 0 Å². The Bertz CT molecular complexity index is 881. The van der Waals surface area contributed by atoms with Crippen LogP contribution in [0, 0.1) is 0 Å². The molecule has 4 N–H and O–H groups in total. The average Bonchev–Trinajstić information content (AvgIpc) is 2.88. The molecule has 1 saturated heterocycles. The molecule has 1 aliphatic rings. The zero-order chi connectivity index (χ0) is 28.7. The number of carboxylic acid groups (broad SMARTS) is 4. The average molecular weight is 557 g/mol. The number of hydrogen-bond donors (Lipinski definition) is 4. The van der Waals surface area contributed by atoms with Crippen LogP contribution in [0.3, 0.4) is 0 Å². The van der Waals surface area contributed by atoms with Gasteiger partial charge >= 0.3 is 23.9 Å². The van der Waals surface area contributed by atoms with Gasteiger partial charge in [0.2, 0.25) is 11.6 Å². The number of benzene rings is 1. The van der Waals surface area contributed by atoms with Crippen LogP contribution in [0.4, 0.5) is 0 Å². The third kappa shape index (κ3) is 9.84. The van der Waals surface area contributed by atoms with Gasteiger partial charge in [0.05, 0.1) is 52.9 Å². The van der Waals surface area contributed by atoms with Crippen molar-refractivity contribution >= 4 is 23.9 Å². The molecule has 2 rings (SSSR count). The first-order valence-electron chi connectivity index (χ1n) is 12.5. The molecular formula is C25H36N2O12. The quantitative estimate of drug-likeness (QED) is 0.295. The topological polar surface area (TPSA) is 193 Å². The lowest BCUT2D eigenvalue weighted by Gasteiger charge is -2.37. The fourth-order valence-electron chi connectivity index (χ4n) is 4.15. The van der Waals surface area contributed by atoms with Gasteiger partial charge < -0.3 is 39.4 Å². The first kappa shape index (κ1) is 32.1. The van der Waals surface area contributed by atoms with Gasteiger partial charge in [-0.1, -0.05) is 30.3 Å². The summed E-state index contributed by atoms with van der Waals surface area (Å²) in [5, 5.41) is 38.8. The second-order valence-corrected chi connectivity index (χ2v) is 8.68. The molecule has 0 bridgehead atoms. The van der Waals surface area contributed by atoms with Crippen LogP contribution in [-0.4, -0.2) is 145 Å². The van der Waals surface area contributed by atoms with Crippen LogP contribution < -0.4 is 0 Å². The van der Waals surface area contributed by atoms with Crippen LogP contribution in [0.15, 0.2) is 30.3 Å². The summed E-state index contributed by atoms with van der Waals surface area (Å²) in [5.41, 5.74) is -1.71. The van der Waals surface area contributed by atoms with Gasteiger partial charge in [-0.05, 0) is 5.56 Å². The maximum atomic E-state index is 12.4. The molecule has 1 aromatic rings. The molecule has 0 atom stereocenters. The lowest BCUT2D eigenvalue weighted by Crippen LogP contribution is -2.63. The number of aliphatic carboxylic acids is 4. The van der Waals surface area contributed by atoms with E-state index in [4.69, 9.17) is 18.9 Å². The Hall–Kier alpha value is -3.14. The molecule has 14 nitrogen and oxygen atoms in total. The Labute approximate surface area is 225 Å². The lowest BCUT2D eigenvalue weighted by molar-refractivity contribution is -0.169. The Morgan fingerprint density at radius 2 is 1.08 bits per heavy atom.